The van der Waals surface area contributed by atoms with E-state index in [2.05, 4.69) is 57.6 Å². The summed E-state index contributed by atoms with van der Waals surface area (Å²) in [5.41, 5.74) is 2.34. The van der Waals surface area contributed by atoms with Crippen molar-refractivity contribution in [1.82, 2.24) is 19.7 Å². The van der Waals surface area contributed by atoms with Gasteiger partial charge in [-0.3, -0.25) is 4.98 Å². The van der Waals surface area contributed by atoms with Crippen LogP contribution >= 0.6 is 11.8 Å². The van der Waals surface area contributed by atoms with Gasteiger partial charge in [0.05, 0.1) is 0 Å². The summed E-state index contributed by atoms with van der Waals surface area (Å²) in [5.74, 6) is 1.72. The number of thioether (sulfide) groups is 1. The molecule has 5 heteroatoms. The highest BCUT2D eigenvalue weighted by molar-refractivity contribution is 7.98. The topological polar surface area (TPSA) is 43.6 Å². The van der Waals surface area contributed by atoms with Crippen molar-refractivity contribution in [2.75, 3.05) is 0 Å². The molecular formula is C19H16N4S. The summed E-state index contributed by atoms with van der Waals surface area (Å²) in [6.45, 7) is 0. The van der Waals surface area contributed by atoms with E-state index in [1.54, 1.807) is 24.2 Å². The third kappa shape index (κ3) is 2.78. The molecule has 0 amide bonds. The molecule has 0 fully saturated rings. The largest absolute Gasteiger partial charge is 0.305 e. The molecule has 0 saturated carbocycles. The van der Waals surface area contributed by atoms with E-state index in [4.69, 9.17) is 0 Å². The number of aromatic nitrogens is 4. The second-order valence-electron chi connectivity index (χ2n) is 5.53. The summed E-state index contributed by atoms with van der Waals surface area (Å²) in [4.78, 5) is 4.05. The average Bonchev–Trinajstić information content (AvgIpc) is 3.01. The molecule has 0 bridgehead atoms. The Balaban J connectivity index is 1.59. The van der Waals surface area contributed by atoms with Crippen LogP contribution < -0.4 is 0 Å². The Morgan fingerprint density at radius 1 is 0.917 bits per heavy atom. The number of pyridine rings is 1. The Labute approximate surface area is 144 Å². The van der Waals surface area contributed by atoms with Crippen LogP contribution in [0, 0.1) is 0 Å². The van der Waals surface area contributed by atoms with Gasteiger partial charge in [-0.1, -0.05) is 54.2 Å². The third-order valence-electron chi connectivity index (χ3n) is 4.01. The maximum Gasteiger partial charge on any atom is 0.191 e. The van der Waals surface area contributed by atoms with Gasteiger partial charge in [-0.05, 0) is 28.5 Å². The lowest BCUT2D eigenvalue weighted by molar-refractivity contribution is 0.794. The molecule has 118 valence electrons. The molecule has 4 aromatic rings. The van der Waals surface area contributed by atoms with Gasteiger partial charge in [0.2, 0.25) is 0 Å². The van der Waals surface area contributed by atoms with Crippen molar-refractivity contribution in [2.24, 2.45) is 7.05 Å². The van der Waals surface area contributed by atoms with Gasteiger partial charge in [0.25, 0.3) is 0 Å². The van der Waals surface area contributed by atoms with Crippen molar-refractivity contribution in [2.45, 2.75) is 10.9 Å². The van der Waals surface area contributed by atoms with Crippen molar-refractivity contribution in [3.05, 3.63) is 72.6 Å². The van der Waals surface area contributed by atoms with E-state index in [-0.39, 0.29) is 0 Å². The van der Waals surface area contributed by atoms with Gasteiger partial charge in [-0.15, -0.1) is 10.2 Å². The molecule has 2 aromatic heterocycles. The van der Waals surface area contributed by atoms with Gasteiger partial charge in [0.1, 0.15) is 0 Å². The van der Waals surface area contributed by atoms with Crippen LogP contribution in [0.3, 0.4) is 0 Å². The van der Waals surface area contributed by atoms with Crippen molar-refractivity contribution in [3.8, 4) is 11.4 Å². The van der Waals surface area contributed by atoms with Crippen LogP contribution in [0.25, 0.3) is 22.2 Å². The van der Waals surface area contributed by atoms with Gasteiger partial charge in [-0.25, -0.2) is 0 Å². The van der Waals surface area contributed by atoms with Crippen LogP contribution in [0.15, 0.2) is 72.1 Å². The maximum absolute atomic E-state index is 4.34. The van der Waals surface area contributed by atoms with Crippen LogP contribution in [-0.4, -0.2) is 19.7 Å². The SMILES string of the molecule is Cn1c(SCc2cccc3ccccc23)nnc1-c1ccncc1. The first-order valence-electron chi connectivity index (χ1n) is 7.72. The minimum atomic E-state index is 0.859. The first-order chi connectivity index (χ1) is 11.8. The van der Waals surface area contributed by atoms with Crippen molar-refractivity contribution < 1.29 is 0 Å². The molecule has 4 rings (SSSR count). The van der Waals surface area contributed by atoms with Crippen molar-refractivity contribution in [3.63, 3.8) is 0 Å². The zero-order chi connectivity index (χ0) is 16.4. The summed E-state index contributed by atoms with van der Waals surface area (Å²) < 4.78 is 2.03. The Morgan fingerprint density at radius 3 is 2.58 bits per heavy atom. The van der Waals surface area contributed by atoms with E-state index in [9.17, 15) is 0 Å². The molecule has 0 N–H and O–H groups in total. The normalized spacial score (nSPS) is 11.0. The summed E-state index contributed by atoms with van der Waals surface area (Å²) in [6, 6.07) is 18.8. The molecule has 0 spiro atoms. The van der Waals surface area contributed by atoms with Crippen molar-refractivity contribution in [1.29, 1.82) is 0 Å². The van der Waals surface area contributed by atoms with Crippen LogP contribution in [0.4, 0.5) is 0 Å². The monoisotopic (exact) mass is 332 g/mol. The lowest BCUT2D eigenvalue weighted by atomic mass is 10.1. The molecule has 0 aliphatic heterocycles. The van der Waals surface area contributed by atoms with Gasteiger partial charge < -0.3 is 4.57 Å². The van der Waals surface area contributed by atoms with Crippen LogP contribution in [0.1, 0.15) is 5.56 Å². The maximum atomic E-state index is 4.34. The highest BCUT2D eigenvalue weighted by Gasteiger charge is 2.11. The van der Waals surface area contributed by atoms with Gasteiger partial charge >= 0.3 is 0 Å². The highest BCUT2D eigenvalue weighted by atomic mass is 32.2. The standard InChI is InChI=1S/C19H16N4S/c1-23-18(15-9-11-20-12-10-15)21-22-19(23)24-13-16-7-4-6-14-5-2-3-8-17(14)16/h2-12H,13H2,1H3. The van der Waals surface area contributed by atoms with Gasteiger partial charge in [0, 0.05) is 30.8 Å². The Hall–Kier alpha value is -2.66. The Morgan fingerprint density at radius 2 is 1.71 bits per heavy atom. The lowest BCUT2D eigenvalue weighted by Crippen LogP contribution is -1.95. The fourth-order valence-electron chi connectivity index (χ4n) is 2.75. The molecule has 24 heavy (non-hydrogen) atoms. The predicted octanol–water partition coefficient (Wildman–Crippen LogP) is 4.32. The Bertz CT molecular complexity index is 974. The molecule has 0 saturated heterocycles. The number of rotatable bonds is 4. The molecular weight excluding hydrogens is 316 g/mol. The molecule has 0 atom stereocenters. The van der Waals surface area contributed by atoms with E-state index in [1.165, 1.54) is 16.3 Å². The number of hydrogen-bond acceptors (Lipinski definition) is 4. The van der Waals surface area contributed by atoms with E-state index >= 15 is 0 Å². The lowest BCUT2D eigenvalue weighted by Gasteiger charge is -2.07. The Kier molecular flexibility index (Phi) is 4.01. The smallest absolute Gasteiger partial charge is 0.191 e. The molecule has 2 aromatic carbocycles. The summed E-state index contributed by atoms with van der Waals surface area (Å²) >= 11 is 1.70. The van der Waals surface area contributed by atoms with E-state index in [0.29, 0.717) is 0 Å². The summed E-state index contributed by atoms with van der Waals surface area (Å²) in [5, 5.41) is 12.1. The minimum Gasteiger partial charge on any atom is -0.305 e. The summed E-state index contributed by atoms with van der Waals surface area (Å²) in [7, 11) is 2.00. The third-order valence-corrected chi connectivity index (χ3v) is 5.08. The van der Waals surface area contributed by atoms with Crippen LogP contribution in [-0.2, 0) is 12.8 Å². The van der Waals surface area contributed by atoms with Gasteiger partial charge in [-0.2, -0.15) is 0 Å². The molecule has 0 aliphatic rings. The molecule has 2 heterocycles. The number of benzene rings is 2. The van der Waals surface area contributed by atoms with Crippen LogP contribution in [0.5, 0.6) is 0 Å². The van der Waals surface area contributed by atoms with Crippen LogP contribution in [0.2, 0.25) is 0 Å². The zero-order valence-electron chi connectivity index (χ0n) is 13.3. The van der Waals surface area contributed by atoms with Gasteiger partial charge in [0.15, 0.2) is 11.0 Å². The predicted molar refractivity (Wildman–Crippen MR) is 97.7 cm³/mol. The molecule has 4 nitrogen and oxygen atoms in total. The molecule has 0 aliphatic carbocycles. The van der Waals surface area contributed by atoms with E-state index < -0.39 is 0 Å². The fraction of sp³-hybridized carbons (Fsp3) is 0.105. The second-order valence-corrected chi connectivity index (χ2v) is 6.47. The molecule has 0 unspecified atom stereocenters. The summed E-state index contributed by atoms with van der Waals surface area (Å²) in [6.07, 6.45) is 3.54. The zero-order valence-corrected chi connectivity index (χ0v) is 14.1. The second kappa shape index (κ2) is 6.45. The molecule has 0 radical (unpaired) electrons. The first-order valence-corrected chi connectivity index (χ1v) is 8.71. The number of nitrogens with zero attached hydrogens (tertiary/aromatic N) is 4. The van der Waals surface area contributed by atoms with E-state index in [1.807, 2.05) is 23.7 Å². The van der Waals surface area contributed by atoms with E-state index in [0.717, 1.165) is 22.3 Å². The fourth-order valence-corrected chi connectivity index (χ4v) is 3.67. The average molecular weight is 332 g/mol. The number of hydrogen-bond donors (Lipinski definition) is 0. The first kappa shape index (κ1) is 14.9. The number of fused-ring (bicyclic) bond motifs is 1. The quantitative estimate of drug-likeness (QED) is 0.522. The highest BCUT2D eigenvalue weighted by Crippen LogP contribution is 2.28. The minimum absolute atomic E-state index is 0.859. The van der Waals surface area contributed by atoms with Crippen molar-refractivity contribution >= 4 is 22.5 Å².